The van der Waals surface area contributed by atoms with Crippen LogP contribution in [-0.2, 0) is 21.2 Å². The summed E-state index contributed by atoms with van der Waals surface area (Å²) in [5.74, 6) is -0.343. The second kappa shape index (κ2) is 6.70. The molecule has 0 unspecified atom stereocenters. The van der Waals surface area contributed by atoms with Crippen LogP contribution < -0.4 is 0 Å². The maximum Gasteiger partial charge on any atom is 0.239 e. The third-order valence-electron chi connectivity index (χ3n) is 3.03. The van der Waals surface area contributed by atoms with Crippen molar-refractivity contribution in [1.82, 2.24) is 4.31 Å². The van der Waals surface area contributed by atoms with Crippen LogP contribution in [-0.4, -0.2) is 30.9 Å². The first-order valence-electron chi connectivity index (χ1n) is 6.40. The third-order valence-corrected chi connectivity index (χ3v) is 5.19. The molecular weight excluding hydrogens is 262 g/mol. The molecule has 1 amide bonds. The van der Waals surface area contributed by atoms with Crippen LogP contribution in [0.15, 0.2) is 30.3 Å². The summed E-state index contributed by atoms with van der Waals surface area (Å²) < 4.78 is 24.5. The van der Waals surface area contributed by atoms with Gasteiger partial charge in [-0.05, 0) is 32.3 Å². The van der Waals surface area contributed by atoms with E-state index in [1.165, 1.54) is 7.05 Å². The first-order valence-corrected chi connectivity index (χ1v) is 7.90. The molecule has 1 rings (SSSR count). The number of hydrogen-bond acceptors (Lipinski definition) is 3. The Morgan fingerprint density at radius 2 is 1.79 bits per heavy atom. The molecule has 4 nitrogen and oxygen atoms in total. The highest BCUT2D eigenvalue weighted by molar-refractivity contribution is 7.90. The Bertz CT molecular complexity index is 509. The largest absolute Gasteiger partial charge is 0.274 e. The van der Waals surface area contributed by atoms with Gasteiger partial charge in [0.25, 0.3) is 0 Å². The van der Waals surface area contributed by atoms with Crippen LogP contribution in [0.4, 0.5) is 0 Å². The smallest absolute Gasteiger partial charge is 0.239 e. The zero-order valence-corrected chi connectivity index (χ0v) is 12.5. The summed E-state index contributed by atoms with van der Waals surface area (Å²) >= 11 is 0. The number of hydrogen-bond donors (Lipinski definition) is 0. The number of amides is 1. The first kappa shape index (κ1) is 15.7. The Morgan fingerprint density at radius 1 is 1.21 bits per heavy atom. The Hall–Kier alpha value is -1.36. The van der Waals surface area contributed by atoms with Crippen molar-refractivity contribution in [3.63, 3.8) is 0 Å². The topological polar surface area (TPSA) is 54.5 Å². The molecule has 0 aliphatic carbocycles. The van der Waals surface area contributed by atoms with E-state index in [-0.39, 0.29) is 12.3 Å². The normalized spacial score (nSPS) is 11.6. The second-order valence-corrected chi connectivity index (χ2v) is 7.31. The highest BCUT2D eigenvalue weighted by Gasteiger charge is 2.25. The highest BCUT2D eigenvalue weighted by Crippen LogP contribution is 2.10. The molecule has 106 valence electrons. The standard InChI is InChI=1S/C14H21NO3S/c1-12(2)19(17,18)15(3)14(16)11-7-10-13-8-5-4-6-9-13/h4-6,8-9,12H,7,10-11H2,1-3H3. The number of nitrogens with zero attached hydrogens (tertiary/aromatic N) is 1. The molecule has 1 aromatic carbocycles. The maximum absolute atomic E-state index is 11.8. The molecular formula is C14H21NO3S. The molecule has 0 atom stereocenters. The van der Waals surface area contributed by atoms with Gasteiger partial charge in [0.05, 0.1) is 5.25 Å². The summed E-state index contributed by atoms with van der Waals surface area (Å²) in [4.78, 5) is 11.8. The maximum atomic E-state index is 11.8. The molecule has 0 N–H and O–H groups in total. The minimum Gasteiger partial charge on any atom is -0.274 e. The Kier molecular flexibility index (Phi) is 5.54. The van der Waals surface area contributed by atoms with Gasteiger partial charge in [-0.15, -0.1) is 0 Å². The lowest BCUT2D eigenvalue weighted by Gasteiger charge is -2.19. The summed E-state index contributed by atoms with van der Waals surface area (Å²) in [5, 5.41) is -0.574. The molecule has 0 heterocycles. The van der Waals surface area contributed by atoms with Crippen molar-refractivity contribution in [3.05, 3.63) is 35.9 Å². The predicted octanol–water partition coefficient (Wildman–Crippen LogP) is 2.21. The molecule has 5 heteroatoms. The zero-order chi connectivity index (χ0) is 14.5. The highest BCUT2D eigenvalue weighted by atomic mass is 32.2. The fourth-order valence-corrected chi connectivity index (χ4v) is 2.71. The fraction of sp³-hybridized carbons (Fsp3) is 0.500. The minimum atomic E-state index is -3.49. The lowest BCUT2D eigenvalue weighted by atomic mass is 10.1. The van der Waals surface area contributed by atoms with Crippen molar-refractivity contribution in [2.24, 2.45) is 0 Å². The quantitative estimate of drug-likeness (QED) is 0.804. The van der Waals surface area contributed by atoms with Crippen molar-refractivity contribution in [2.45, 2.75) is 38.4 Å². The van der Waals surface area contributed by atoms with Gasteiger partial charge in [0.15, 0.2) is 0 Å². The van der Waals surface area contributed by atoms with Crippen LogP contribution in [0.3, 0.4) is 0 Å². The predicted molar refractivity (Wildman–Crippen MR) is 76.2 cm³/mol. The summed E-state index contributed by atoms with van der Waals surface area (Å²) in [6.07, 6.45) is 1.68. The number of sulfonamides is 1. The molecule has 0 aliphatic heterocycles. The first-order chi connectivity index (χ1) is 8.85. The summed E-state index contributed by atoms with van der Waals surface area (Å²) in [5.41, 5.74) is 1.16. The van der Waals surface area contributed by atoms with E-state index in [2.05, 4.69) is 0 Å². The van der Waals surface area contributed by atoms with Crippen molar-refractivity contribution in [1.29, 1.82) is 0 Å². The summed E-state index contributed by atoms with van der Waals surface area (Å²) in [6, 6.07) is 9.84. The zero-order valence-electron chi connectivity index (χ0n) is 11.7. The van der Waals surface area contributed by atoms with Gasteiger partial charge in [-0.25, -0.2) is 12.7 Å². The Balaban J connectivity index is 2.48. The Morgan fingerprint density at radius 3 is 2.32 bits per heavy atom. The van der Waals surface area contributed by atoms with Gasteiger partial charge < -0.3 is 0 Å². The number of aryl methyl sites for hydroxylation is 1. The van der Waals surface area contributed by atoms with Gasteiger partial charge in [-0.2, -0.15) is 0 Å². The van der Waals surface area contributed by atoms with Gasteiger partial charge >= 0.3 is 0 Å². The summed E-state index contributed by atoms with van der Waals surface area (Å²) in [6.45, 7) is 3.15. The molecule has 0 aromatic heterocycles. The number of carbonyl (C=O) groups excluding carboxylic acids is 1. The van der Waals surface area contributed by atoms with Gasteiger partial charge in [0.2, 0.25) is 15.9 Å². The van der Waals surface area contributed by atoms with E-state index in [9.17, 15) is 13.2 Å². The third kappa shape index (κ3) is 4.35. The summed E-state index contributed by atoms with van der Waals surface area (Å²) in [7, 11) is -2.15. The van der Waals surface area contributed by atoms with Crippen LogP contribution in [0.1, 0.15) is 32.3 Å². The molecule has 0 saturated carbocycles. The van der Waals surface area contributed by atoms with Crippen LogP contribution in [0, 0.1) is 0 Å². The molecule has 1 aromatic rings. The molecule has 0 spiro atoms. The van der Waals surface area contributed by atoms with Crippen LogP contribution in [0.25, 0.3) is 0 Å². The Labute approximate surface area is 115 Å². The number of carbonyl (C=O) groups is 1. The lowest BCUT2D eigenvalue weighted by molar-refractivity contribution is -0.125. The second-order valence-electron chi connectivity index (χ2n) is 4.79. The fourth-order valence-electron chi connectivity index (χ4n) is 1.70. The molecule has 0 saturated heterocycles. The molecule has 0 aliphatic rings. The molecule has 19 heavy (non-hydrogen) atoms. The van der Waals surface area contributed by atoms with E-state index in [0.29, 0.717) is 6.42 Å². The van der Waals surface area contributed by atoms with Crippen LogP contribution >= 0.6 is 0 Å². The molecule has 0 bridgehead atoms. The number of benzene rings is 1. The van der Waals surface area contributed by atoms with E-state index in [0.717, 1.165) is 16.3 Å². The van der Waals surface area contributed by atoms with Crippen LogP contribution in [0.2, 0.25) is 0 Å². The van der Waals surface area contributed by atoms with Crippen LogP contribution in [0.5, 0.6) is 0 Å². The van der Waals surface area contributed by atoms with Gasteiger partial charge in [0, 0.05) is 13.5 Å². The van der Waals surface area contributed by atoms with E-state index >= 15 is 0 Å². The molecule has 0 radical (unpaired) electrons. The van der Waals surface area contributed by atoms with Gasteiger partial charge in [-0.1, -0.05) is 30.3 Å². The van der Waals surface area contributed by atoms with Gasteiger partial charge in [0.1, 0.15) is 0 Å². The van der Waals surface area contributed by atoms with Crippen molar-refractivity contribution >= 4 is 15.9 Å². The SMILES string of the molecule is CC(C)S(=O)(=O)N(C)C(=O)CCCc1ccccc1. The van der Waals surface area contributed by atoms with E-state index in [1.54, 1.807) is 13.8 Å². The van der Waals surface area contributed by atoms with E-state index < -0.39 is 15.3 Å². The van der Waals surface area contributed by atoms with E-state index in [4.69, 9.17) is 0 Å². The van der Waals surface area contributed by atoms with Crippen molar-refractivity contribution in [3.8, 4) is 0 Å². The lowest BCUT2D eigenvalue weighted by Crippen LogP contribution is -2.37. The van der Waals surface area contributed by atoms with E-state index in [1.807, 2.05) is 30.3 Å². The van der Waals surface area contributed by atoms with Crippen molar-refractivity contribution in [2.75, 3.05) is 7.05 Å². The molecule has 0 fully saturated rings. The average Bonchev–Trinajstić information content (AvgIpc) is 2.38. The van der Waals surface area contributed by atoms with Gasteiger partial charge in [-0.3, -0.25) is 4.79 Å². The average molecular weight is 283 g/mol. The number of rotatable bonds is 6. The monoisotopic (exact) mass is 283 g/mol. The van der Waals surface area contributed by atoms with Crippen molar-refractivity contribution < 1.29 is 13.2 Å². The minimum absolute atomic E-state index is 0.247.